The molecule has 3 heterocycles. The molecule has 11 nitrogen and oxygen atoms in total. The fourth-order valence-corrected chi connectivity index (χ4v) is 5.31. The average Bonchev–Trinajstić information content (AvgIpc) is 3.81. The molecule has 3 aliphatic carbocycles. The molecule has 0 aliphatic heterocycles. The first-order chi connectivity index (χ1) is 19.4. The Bertz CT molecular complexity index is 1430. The van der Waals surface area contributed by atoms with E-state index in [1.54, 1.807) is 16.9 Å². The summed E-state index contributed by atoms with van der Waals surface area (Å²) in [5.41, 5.74) is 2.19. The Balaban J connectivity index is 1.20. The molecule has 6 rings (SSSR count). The van der Waals surface area contributed by atoms with Crippen molar-refractivity contribution in [2.45, 2.75) is 95.2 Å². The molecule has 41 heavy (non-hydrogen) atoms. The van der Waals surface area contributed by atoms with Crippen molar-refractivity contribution in [2.24, 2.45) is 11.8 Å². The van der Waals surface area contributed by atoms with Crippen LogP contribution in [0.1, 0.15) is 111 Å². The van der Waals surface area contributed by atoms with Crippen molar-refractivity contribution in [2.75, 3.05) is 6.61 Å². The highest BCUT2D eigenvalue weighted by molar-refractivity contribution is 5.93. The van der Waals surface area contributed by atoms with Crippen LogP contribution in [0.15, 0.2) is 23.1 Å². The molecule has 0 bridgehead atoms. The van der Waals surface area contributed by atoms with Gasteiger partial charge < -0.3 is 15.4 Å². The summed E-state index contributed by atoms with van der Waals surface area (Å²) in [4.78, 5) is 30.6. The first kappa shape index (κ1) is 27.7. The third-order valence-corrected chi connectivity index (χ3v) is 7.82. The van der Waals surface area contributed by atoms with Gasteiger partial charge in [0.15, 0.2) is 11.3 Å². The van der Waals surface area contributed by atoms with Gasteiger partial charge in [0.25, 0.3) is 5.91 Å². The van der Waals surface area contributed by atoms with Crippen LogP contribution in [-0.2, 0) is 9.53 Å². The Labute approximate surface area is 235 Å². The van der Waals surface area contributed by atoms with Crippen LogP contribution in [0, 0.1) is 11.8 Å². The highest BCUT2D eigenvalue weighted by Crippen LogP contribution is 2.45. The predicted molar refractivity (Wildman–Crippen MR) is 141 cm³/mol. The van der Waals surface area contributed by atoms with Crippen molar-refractivity contribution in [3.05, 3.63) is 41.1 Å². The molecule has 2 amide bonds. The molecule has 220 valence electrons. The van der Waals surface area contributed by atoms with Crippen LogP contribution in [0.2, 0.25) is 0 Å². The summed E-state index contributed by atoms with van der Waals surface area (Å²) in [6.07, 6.45) is 6.90. The second-order valence-electron chi connectivity index (χ2n) is 12.7. The number of rotatable bonds is 11. The van der Waals surface area contributed by atoms with E-state index in [0.29, 0.717) is 17.0 Å². The summed E-state index contributed by atoms with van der Waals surface area (Å²) in [5.74, 6) is -3.10. The quantitative estimate of drug-likeness (QED) is 0.348. The minimum atomic E-state index is -2.64. The third kappa shape index (κ3) is 6.55. The van der Waals surface area contributed by atoms with E-state index in [2.05, 4.69) is 26.0 Å². The smallest absolute Gasteiger partial charge is 0.276 e. The van der Waals surface area contributed by atoms with E-state index in [9.17, 15) is 18.4 Å². The summed E-state index contributed by atoms with van der Waals surface area (Å²) >= 11 is 0. The van der Waals surface area contributed by atoms with E-state index in [-0.39, 0.29) is 61.3 Å². The van der Waals surface area contributed by atoms with Crippen LogP contribution in [0.25, 0.3) is 5.65 Å². The average molecular weight is 572 g/mol. The first-order valence-electron chi connectivity index (χ1n) is 14.2. The Morgan fingerprint density at radius 3 is 2.59 bits per heavy atom. The van der Waals surface area contributed by atoms with Gasteiger partial charge in [-0.2, -0.15) is 5.10 Å². The minimum absolute atomic E-state index is 0.0979. The molecular formula is C28H35F2N7O4. The Morgan fingerprint density at radius 2 is 1.93 bits per heavy atom. The molecule has 2 N–H and O–H groups in total. The molecule has 0 spiro atoms. The molecule has 0 unspecified atom stereocenters. The largest absolute Gasteiger partial charge is 0.373 e. The number of ether oxygens (including phenoxy) is 1. The number of imidazole rings is 1. The van der Waals surface area contributed by atoms with E-state index in [1.807, 2.05) is 26.8 Å². The van der Waals surface area contributed by atoms with Gasteiger partial charge in [0.1, 0.15) is 5.69 Å². The summed E-state index contributed by atoms with van der Waals surface area (Å²) < 4.78 is 38.9. The zero-order chi connectivity index (χ0) is 28.9. The van der Waals surface area contributed by atoms with Crippen molar-refractivity contribution in [1.29, 1.82) is 0 Å². The number of amides is 2. The van der Waals surface area contributed by atoms with Gasteiger partial charge in [-0.3, -0.25) is 9.59 Å². The van der Waals surface area contributed by atoms with Crippen molar-refractivity contribution in [3.63, 3.8) is 0 Å². The van der Waals surface area contributed by atoms with Crippen molar-refractivity contribution in [3.8, 4) is 0 Å². The van der Waals surface area contributed by atoms with Crippen LogP contribution in [-0.4, -0.2) is 54.9 Å². The molecule has 3 saturated carbocycles. The molecular weight excluding hydrogens is 536 g/mol. The monoisotopic (exact) mass is 571 g/mol. The number of nitrogens with zero attached hydrogens (tertiary/aromatic N) is 5. The van der Waals surface area contributed by atoms with E-state index >= 15 is 0 Å². The lowest BCUT2D eigenvalue weighted by Crippen LogP contribution is -2.39. The fourth-order valence-electron chi connectivity index (χ4n) is 5.31. The zero-order valence-electron chi connectivity index (χ0n) is 23.4. The number of fused-ring (bicyclic) bond motifs is 1. The number of nitrogens with one attached hydrogen (secondary N) is 2. The van der Waals surface area contributed by atoms with Gasteiger partial charge in [-0.05, 0) is 75.1 Å². The molecule has 2 atom stereocenters. The lowest BCUT2D eigenvalue weighted by molar-refractivity contribution is -0.134. The van der Waals surface area contributed by atoms with Gasteiger partial charge in [0, 0.05) is 25.2 Å². The fraction of sp³-hybridized carbons (Fsp3) is 0.643. The summed E-state index contributed by atoms with van der Waals surface area (Å²) in [7, 11) is 0. The molecule has 0 aromatic carbocycles. The van der Waals surface area contributed by atoms with Gasteiger partial charge in [-0.15, -0.1) is 0 Å². The Morgan fingerprint density at radius 1 is 1.17 bits per heavy atom. The molecule has 0 saturated heterocycles. The molecule has 0 radical (unpaired) electrons. The molecule has 3 aromatic heterocycles. The van der Waals surface area contributed by atoms with E-state index in [1.165, 1.54) is 0 Å². The van der Waals surface area contributed by atoms with E-state index in [0.717, 1.165) is 31.2 Å². The highest BCUT2D eigenvalue weighted by Gasteiger charge is 2.46. The van der Waals surface area contributed by atoms with Crippen molar-refractivity contribution in [1.82, 2.24) is 35.5 Å². The topological polar surface area (TPSA) is 137 Å². The second-order valence-corrected chi connectivity index (χ2v) is 12.7. The lowest BCUT2D eigenvalue weighted by atomic mass is 9.79. The van der Waals surface area contributed by atoms with E-state index < -0.39 is 23.5 Å². The van der Waals surface area contributed by atoms with Gasteiger partial charge in [0.2, 0.25) is 11.8 Å². The second kappa shape index (κ2) is 10.4. The molecule has 3 fully saturated rings. The highest BCUT2D eigenvalue weighted by atomic mass is 19.3. The number of carbonyl (C=O) groups excluding carboxylic acids is 2. The lowest BCUT2D eigenvalue weighted by Gasteiger charge is -2.34. The maximum absolute atomic E-state index is 13.2. The van der Waals surface area contributed by atoms with Gasteiger partial charge >= 0.3 is 0 Å². The maximum Gasteiger partial charge on any atom is 0.276 e. The number of hydrogen-bond donors (Lipinski definition) is 2. The molecule has 3 aliphatic rings. The van der Waals surface area contributed by atoms with Gasteiger partial charge in [0.05, 0.1) is 42.4 Å². The van der Waals surface area contributed by atoms with Crippen LogP contribution in [0.5, 0.6) is 0 Å². The van der Waals surface area contributed by atoms with Crippen LogP contribution in [0.3, 0.4) is 0 Å². The van der Waals surface area contributed by atoms with Crippen LogP contribution < -0.4 is 10.6 Å². The first-order valence-corrected chi connectivity index (χ1v) is 14.2. The Hall–Kier alpha value is -3.48. The summed E-state index contributed by atoms with van der Waals surface area (Å²) in [5, 5.41) is 18.3. The maximum atomic E-state index is 13.2. The minimum Gasteiger partial charge on any atom is -0.373 e. The molecule has 3 aromatic rings. The number of hydrogen-bond acceptors (Lipinski definition) is 8. The number of halogens is 2. The predicted octanol–water partition coefficient (Wildman–Crippen LogP) is 4.28. The summed E-state index contributed by atoms with van der Waals surface area (Å²) in [6, 6.07) is 1.00. The van der Waals surface area contributed by atoms with Gasteiger partial charge in [-0.1, -0.05) is 5.16 Å². The standard InChI is InChI=1S/C28H35F2N7O4/c1-27(2,3)40-14-20(33-26(39)25-24(17-6-7-17)35-41-36-25)19-13-37-21(32-19)9-18(12-31-37)23(16-4-5-16)34-22(38)8-15-10-28(29,30)11-15/h9,12-13,15-17,20,23H,4-8,10-11,14H2,1-3H3,(H,33,39)(H,34,38)/t20-,23+/m0/s1. The van der Waals surface area contributed by atoms with Crippen molar-refractivity contribution >= 4 is 17.5 Å². The van der Waals surface area contributed by atoms with Crippen LogP contribution in [0.4, 0.5) is 8.78 Å². The van der Waals surface area contributed by atoms with Crippen molar-refractivity contribution < 1.29 is 27.7 Å². The van der Waals surface area contributed by atoms with E-state index in [4.69, 9.17) is 14.3 Å². The van der Waals surface area contributed by atoms with Crippen LogP contribution >= 0.6 is 0 Å². The number of alkyl halides is 2. The number of aromatic nitrogens is 5. The third-order valence-electron chi connectivity index (χ3n) is 7.82. The zero-order valence-corrected chi connectivity index (χ0v) is 23.4. The Kier molecular flexibility index (Phi) is 7.03. The molecule has 13 heteroatoms. The summed E-state index contributed by atoms with van der Waals surface area (Å²) in [6.45, 7) is 5.95. The normalized spacial score (nSPS) is 20.4. The number of carbonyl (C=O) groups is 2. The SMILES string of the molecule is CC(C)(C)OC[C@H](NC(=O)c1nonc1C1CC1)c1cn2ncc([C@H](NC(=O)CC3CC(F)(F)C3)C3CC3)cc2n1. The van der Waals surface area contributed by atoms with Gasteiger partial charge in [-0.25, -0.2) is 22.9 Å².